The average Bonchev–Trinajstić information content (AvgIpc) is 2.52. The number of quaternary nitrogens is 1. The maximum absolute atomic E-state index is 11.9. The molecular formula is C6H10FN3O3. The summed E-state index contributed by atoms with van der Waals surface area (Å²) in [5.74, 6) is -0.201. The van der Waals surface area contributed by atoms with E-state index >= 15 is 0 Å². The Morgan fingerprint density at radius 2 is 2.46 bits per heavy atom. The van der Waals surface area contributed by atoms with E-state index in [4.69, 9.17) is 10.3 Å². The van der Waals surface area contributed by atoms with Gasteiger partial charge in [-0.3, -0.25) is 4.57 Å². The van der Waals surface area contributed by atoms with Gasteiger partial charge in [-0.25, -0.2) is 9.60 Å². The standard InChI is InChI=1S/C6H10FN3O3/c7-3-5(11)4-9-2-1-8-6(9)10(12)13/h1-2,5,10-12H,3-4H2. The molecule has 0 saturated carbocycles. The van der Waals surface area contributed by atoms with Crippen LogP contribution in [-0.2, 0) is 6.54 Å². The summed E-state index contributed by atoms with van der Waals surface area (Å²) in [7, 11) is 0. The van der Waals surface area contributed by atoms with Gasteiger partial charge in [0.05, 0.1) is 12.7 Å². The second-order valence-corrected chi connectivity index (χ2v) is 2.52. The molecule has 6 nitrogen and oxygen atoms in total. The predicted octanol–water partition coefficient (Wildman–Crippen LogP) is -1.38. The van der Waals surface area contributed by atoms with Gasteiger partial charge in [-0.15, -0.1) is 0 Å². The van der Waals surface area contributed by atoms with Gasteiger partial charge in [-0.1, -0.05) is 0 Å². The normalized spacial score (nSPS) is 15.7. The largest absolute Gasteiger partial charge is 0.592 e. The van der Waals surface area contributed by atoms with E-state index in [0.29, 0.717) is 0 Å². The molecular weight excluding hydrogens is 181 g/mol. The Hall–Kier alpha value is -1.02. The highest BCUT2D eigenvalue weighted by Crippen LogP contribution is 2.00. The molecule has 13 heavy (non-hydrogen) atoms. The second kappa shape index (κ2) is 4.28. The number of aliphatic hydroxyl groups is 1. The Morgan fingerprint density at radius 1 is 1.77 bits per heavy atom. The molecule has 2 unspecified atom stereocenters. The molecule has 1 rings (SSSR count). The van der Waals surface area contributed by atoms with Crippen LogP contribution in [0.2, 0.25) is 0 Å². The number of alkyl halides is 1. The molecule has 0 aliphatic rings. The summed E-state index contributed by atoms with van der Waals surface area (Å²) >= 11 is 0. The van der Waals surface area contributed by atoms with Crippen molar-refractivity contribution in [3.05, 3.63) is 17.6 Å². The minimum Gasteiger partial charge on any atom is -0.592 e. The van der Waals surface area contributed by atoms with Crippen molar-refractivity contribution in [1.29, 1.82) is 0 Å². The first-order valence-electron chi connectivity index (χ1n) is 3.63. The smallest absolute Gasteiger partial charge is 0.341 e. The predicted molar refractivity (Wildman–Crippen MR) is 40.0 cm³/mol. The highest BCUT2D eigenvalue weighted by molar-refractivity contribution is 5.05. The third-order valence-corrected chi connectivity index (χ3v) is 1.49. The fraction of sp³-hybridized carbons (Fsp3) is 0.500. The second-order valence-electron chi connectivity index (χ2n) is 2.52. The number of rotatable bonds is 4. The molecule has 1 aromatic heterocycles. The Kier molecular flexibility index (Phi) is 3.32. The Morgan fingerprint density at radius 3 is 3.00 bits per heavy atom. The number of nitrogens with zero attached hydrogens (tertiary/aromatic N) is 2. The number of aliphatic hydroxyl groups excluding tert-OH is 1. The topological polar surface area (TPSA) is 85.8 Å². The van der Waals surface area contributed by atoms with Crippen LogP contribution >= 0.6 is 0 Å². The van der Waals surface area contributed by atoms with Crippen LogP contribution in [0, 0.1) is 5.21 Å². The molecule has 74 valence electrons. The summed E-state index contributed by atoms with van der Waals surface area (Å²) in [5, 5.41) is 26.8. The summed E-state index contributed by atoms with van der Waals surface area (Å²) in [5.41, 5.74) is 0. The average molecular weight is 191 g/mol. The van der Waals surface area contributed by atoms with E-state index in [9.17, 15) is 9.60 Å². The third-order valence-electron chi connectivity index (χ3n) is 1.49. The number of halogens is 1. The fourth-order valence-electron chi connectivity index (χ4n) is 0.930. The van der Waals surface area contributed by atoms with Crippen LogP contribution in [-0.4, -0.2) is 32.6 Å². The van der Waals surface area contributed by atoms with Gasteiger partial charge in [-0.2, -0.15) is 10.2 Å². The van der Waals surface area contributed by atoms with Crippen molar-refractivity contribution in [1.82, 2.24) is 9.55 Å². The zero-order chi connectivity index (χ0) is 9.84. The monoisotopic (exact) mass is 191 g/mol. The van der Waals surface area contributed by atoms with Crippen LogP contribution in [0.1, 0.15) is 0 Å². The molecule has 0 saturated heterocycles. The molecule has 0 bridgehead atoms. The maximum atomic E-state index is 11.9. The van der Waals surface area contributed by atoms with Gasteiger partial charge in [0.1, 0.15) is 12.8 Å². The van der Waals surface area contributed by atoms with Crippen molar-refractivity contribution < 1.29 is 19.9 Å². The molecule has 0 aliphatic heterocycles. The lowest BCUT2D eigenvalue weighted by Crippen LogP contribution is -3.00. The molecule has 0 aliphatic carbocycles. The maximum Gasteiger partial charge on any atom is 0.341 e. The lowest BCUT2D eigenvalue weighted by atomic mass is 10.4. The van der Waals surface area contributed by atoms with Crippen molar-refractivity contribution in [3.8, 4) is 0 Å². The molecule has 0 fully saturated rings. The summed E-state index contributed by atoms with van der Waals surface area (Å²) in [6, 6.07) is 0. The molecule has 0 amide bonds. The molecule has 2 atom stereocenters. The van der Waals surface area contributed by atoms with Gasteiger partial charge in [0.2, 0.25) is 0 Å². The van der Waals surface area contributed by atoms with Crippen molar-refractivity contribution >= 4 is 5.95 Å². The molecule has 1 heterocycles. The molecule has 0 radical (unpaired) electrons. The van der Waals surface area contributed by atoms with Gasteiger partial charge in [0, 0.05) is 6.20 Å². The van der Waals surface area contributed by atoms with Crippen molar-refractivity contribution in [2.24, 2.45) is 0 Å². The Labute approximate surface area is 73.4 Å². The molecule has 0 aromatic carbocycles. The van der Waals surface area contributed by atoms with E-state index < -0.39 is 18.0 Å². The molecule has 0 spiro atoms. The van der Waals surface area contributed by atoms with E-state index in [1.807, 2.05) is 0 Å². The Bertz CT molecular complexity index is 265. The van der Waals surface area contributed by atoms with E-state index in [2.05, 4.69) is 4.98 Å². The summed E-state index contributed by atoms with van der Waals surface area (Å²) in [6.45, 7) is -1.00. The number of aromatic nitrogens is 2. The number of hydrogen-bond acceptors (Lipinski definition) is 4. The summed E-state index contributed by atoms with van der Waals surface area (Å²) < 4.78 is 13.1. The van der Waals surface area contributed by atoms with Gasteiger partial charge >= 0.3 is 5.95 Å². The van der Waals surface area contributed by atoms with Crippen LogP contribution in [0.4, 0.5) is 10.3 Å². The van der Waals surface area contributed by atoms with Gasteiger partial charge in [-0.05, 0) is 0 Å². The summed E-state index contributed by atoms with van der Waals surface area (Å²) in [6.07, 6.45) is 1.48. The van der Waals surface area contributed by atoms with Crippen LogP contribution < -0.4 is 5.23 Å². The van der Waals surface area contributed by atoms with Crippen LogP contribution in [0.3, 0.4) is 0 Å². The minimum atomic E-state index is -1.20. The molecule has 7 heteroatoms. The zero-order valence-electron chi connectivity index (χ0n) is 6.72. The highest BCUT2D eigenvalue weighted by atomic mass is 19.1. The Balaban J connectivity index is 2.70. The quantitative estimate of drug-likeness (QED) is 0.512. The minimum absolute atomic E-state index is 0.0991. The zero-order valence-corrected chi connectivity index (χ0v) is 6.72. The lowest BCUT2D eigenvalue weighted by Gasteiger charge is -2.13. The SMILES string of the molecule is [O-][NH+](O)c1nccn1CC(O)CF. The van der Waals surface area contributed by atoms with E-state index in [1.54, 1.807) is 0 Å². The highest BCUT2D eigenvalue weighted by Gasteiger charge is 2.12. The number of imidazole rings is 1. The van der Waals surface area contributed by atoms with Crippen LogP contribution in [0.15, 0.2) is 12.4 Å². The first-order valence-corrected chi connectivity index (χ1v) is 3.63. The van der Waals surface area contributed by atoms with E-state index in [1.165, 1.54) is 17.0 Å². The molecule has 1 aromatic rings. The van der Waals surface area contributed by atoms with Gasteiger partial charge < -0.3 is 10.3 Å². The van der Waals surface area contributed by atoms with Gasteiger partial charge in [0.15, 0.2) is 0 Å². The number of hydrogen-bond donors (Lipinski definition) is 3. The number of nitrogens with one attached hydrogen (secondary N) is 1. The van der Waals surface area contributed by atoms with E-state index in [0.717, 1.165) is 0 Å². The van der Waals surface area contributed by atoms with Gasteiger partial charge in [0.25, 0.3) is 0 Å². The molecule has 3 N–H and O–H groups in total. The van der Waals surface area contributed by atoms with E-state index in [-0.39, 0.29) is 12.5 Å². The fourth-order valence-corrected chi connectivity index (χ4v) is 0.930. The van der Waals surface area contributed by atoms with Crippen molar-refractivity contribution in [2.75, 3.05) is 6.67 Å². The first-order chi connectivity index (χ1) is 6.15. The summed E-state index contributed by atoms with van der Waals surface area (Å²) in [4.78, 5) is 3.53. The lowest BCUT2D eigenvalue weighted by molar-refractivity contribution is -0.996. The van der Waals surface area contributed by atoms with Crippen LogP contribution in [0.5, 0.6) is 0 Å². The van der Waals surface area contributed by atoms with Crippen molar-refractivity contribution in [2.45, 2.75) is 12.6 Å². The van der Waals surface area contributed by atoms with Crippen LogP contribution in [0.25, 0.3) is 0 Å². The third kappa shape index (κ3) is 2.46. The first kappa shape index (κ1) is 10.1. The van der Waals surface area contributed by atoms with Crippen molar-refractivity contribution in [3.63, 3.8) is 0 Å².